The van der Waals surface area contributed by atoms with Crippen LogP contribution in [0.2, 0.25) is 0 Å². The van der Waals surface area contributed by atoms with Crippen LogP contribution in [0.3, 0.4) is 0 Å². The molecule has 1 rings (SSSR count). The molecule has 0 saturated carbocycles. The average molecular weight is 250 g/mol. The summed E-state index contributed by atoms with van der Waals surface area (Å²) < 4.78 is 7.12. The molecule has 0 aliphatic rings. The normalized spacial score (nSPS) is 10.8. The van der Waals surface area contributed by atoms with Gasteiger partial charge in [-0.15, -0.1) is 0 Å². The van der Waals surface area contributed by atoms with E-state index in [0.29, 0.717) is 13.0 Å². The average Bonchev–Trinajstić information content (AvgIpc) is 2.72. The van der Waals surface area contributed by atoms with Crippen LogP contribution in [0.15, 0.2) is 6.07 Å². The van der Waals surface area contributed by atoms with E-state index in [-0.39, 0.29) is 0 Å². The van der Waals surface area contributed by atoms with E-state index in [0.717, 1.165) is 31.9 Å². The number of hydrogen-bond donors (Lipinski definition) is 0. The third kappa shape index (κ3) is 4.47. The van der Waals surface area contributed by atoms with Gasteiger partial charge in [-0.05, 0) is 19.9 Å². The van der Waals surface area contributed by atoms with Gasteiger partial charge < -0.3 is 4.74 Å². The predicted molar refractivity (Wildman–Crippen MR) is 70.0 cm³/mol. The fourth-order valence-corrected chi connectivity index (χ4v) is 1.93. The number of nitriles is 1. The summed E-state index contributed by atoms with van der Waals surface area (Å²) in [6, 6.07) is 4.30. The molecule has 0 unspecified atom stereocenters. The molecule has 0 aliphatic carbocycles. The summed E-state index contributed by atoms with van der Waals surface area (Å²) in [6.45, 7) is 8.08. The maximum Gasteiger partial charge on any atom is 0.0635 e. The highest BCUT2D eigenvalue weighted by atomic mass is 16.5. The van der Waals surface area contributed by atoms with Crippen molar-refractivity contribution in [2.24, 2.45) is 0 Å². The lowest BCUT2D eigenvalue weighted by atomic mass is 10.3. The van der Waals surface area contributed by atoms with Gasteiger partial charge in [-0.25, -0.2) is 0 Å². The standard InChI is InChI=1S/C13H22N4O/c1-4-17-13(10-12(2)15-17)11-16(7-5-6-14)8-9-18-3/h10H,4-5,7-9,11H2,1-3H3. The summed E-state index contributed by atoms with van der Waals surface area (Å²) in [4.78, 5) is 2.23. The number of hydrogen-bond acceptors (Lipinski definition) is 4. The lowest BCUT2D eigenvalue weighted by Crippen LogP contribution is -2.29. The predicted octanol–water partition coefficient (Wildman–Crippen LogP) is 1.57. The maximum atomic E-state index is 8.69. The Bertz CT molecular complexity index is 394. The van der Waals surface area contributed by atoms with E-state index in [4.69, 9.17) is 10.00 Å². The van der Waals surface area contributed by atoms with Crippen molar-refractivity contribution in [3.05, 3.63) is 17.5 Å². The van der Waals surface area contributed by atoms with E-state index in [9.17, 15) is 0 Å². The number of rotatable bonds is 8. The van der Waals surface area contributed by atoms with Crippen LogP contribution in [0.4, 0.5) is 0 Å². The van der Waals surface area contributed by atoms with Crippen molar-refractivity contribution in [3.63, 3.8) is 0 Å². The first-order valence-electron chi connectivity index (χ1n) is 6.32. The van der Waals surface area contributed by atoms with Gasteiger partial charge >= 0.3 is 0 Å². The highest BCUT2D eigenvalue weighted by molar-refractivity contribution is 5.08. The Balaban J connectivity index is 2.65. The molecule has 0 spiro atoms. The fraction of sp³-hybridized carbons (Fsp3) is 0.692. The van der Waals surface area contributed by atoms with E-state index in [1.165, 1.54) is 5.69 Å². The van der Waals surface area contributed by atoms with Crippen molar-refractivity contribution >= 4 is 0 Å². The zero-order chi connectivity index (χ0) is 13.4. The van der Waals surface area contributed by atoms with Crippen molar-refractivity contribution in [2.45, 2.75) is 33.4 Å². The third-order valence-electron chi connectivity index (χ3n) is 2.82. The van der Waals surface area contributed by atoms with Gasteiger partial charge in [0, 0.05) is 39.7 Å². The van der Waals surface area contributed by atoms with Gasteiger partial charge in [-0.3, -0.25) is 9.58 Å². The third-order valence-corrected chi connectivity index (χ3v) is 2.82. The summed E-state index contributed by atoms with van der Waals surface area (Å²) in [5.74, 6) is 0. The lowest BCUT2D eigenvalue weighted by molar-refractivity contribution is 0.143. The van der Waals surface area contributed by atoms with Crippen LogP contribution in [-0.4, -0.2) is 41.5 Å². The molecule has 1 aromatic heterocycles. The number of ether oxygens (including phenoxy) is 1. The molecule has 0 atom stereocenters. The number of aryl methyl sites for hydroxylation is 2. The summed E-state index contributed by atoms with van der Waals surface area (Å²) in [5.41, 5.74) is 2.24. The second-order valence-electron chi connectivity index (χ2n) is 4.27. The van der Waals surface area contributed by atoms with E-state index in [1.54, 1.807) is 7.11 Å². The molecule has 1 heterocycles. The summed E-state index contributed by atoms with van der Waals surface area (Å²) in [6.07, 6.45) is 0.545. The molecule has 0 bridgehead atoms. The summed E-state index contributed by atoms with van der Waals surface area (Å²) >= 11 is 0. The van der Waals surface area contributed by atoms with Crippen molar-refractivity contribution in [2.75, 3.05) is 26.8 Å². The molecule has 0 amide bonds. The molecule has 0 fully saturated rings. The van der Waals surface area contributed by atoms with Crippen LogP contribution in [0.25, 0.3) is 0 Å². The molecule has 0 aromatic carbocycles. The quantitative estimate of drug-likeness (QED) is 0.703. The Labute approximate surface area is 109 Å². The van der Waals surface area contributed by atoms with E-state index in [2.05, 4.69) is 29.1 Å². The van der Waals surface area contributed by atoms with Crippen molar-refractivity contribution < 1.29 is 4.74 Å². The minimum absolute atomic E-state index is 0.545. The van der Waals surface area contributed by atoms with E-state index < -0.39 is 0 Å². The number of methoxy groups -OCH3 is 1. The van der Waals surface area contributed by atoms with Gasteiger partial charge in [0.25, 0.3) is 0 Å². The lowest BCUT2D eigenvalue weighted by Gasteiger charge is -2.20. The van der Waals surface area contributed by atoms with E-state index in [1.807, 2.05) is 11.6 Å². The number of nitrogens with zero attached hydrogens (tertiary/aromatic N) is 4. The second-order valence-corrected chi connectivity index (χ2v) is 4.27. The SMILES string of the molecule is CCn1nc(C)cc1CN(CCC#N)CCOC. The fourth-order valence-electron chi connectivity index (χ4n) is 1.93. The Morgan fingerprint density at radius 3 is 2.89 bits per heavy atom. The van der Waals surface area contributed by atoms with Gasteiger partial charge in [0.2, 0.25) is 0 Å². The monoisotopic (exact) mass is 250 g/mol. The van der Waals surface area contributed by atoms with Crippen molar-refractivity contribution in [1.29, 1.82) is 5.26 Å². The zero-order valence-corrected chi connectivity index (χ0v) is 11.5. The first-order chi connectivity index (χ1) is 8.71. The van der Waals surface area contributed by atoms with Crippen LogP contribution >= 0.6 is 0 Å². The van der Waals surface area contributed by atoms with E-state index >= 15 is 0 Å². The molecule has 0 aliphatic heterocycles. The first-order valence-corrected chi connectivity index (χ1v) is 6.32. The second kappa shape index (κ2) is 7.85. The molecule has 18 heavy (non-hydrogen) atoms. The van der Waals surface area contributed by atoms with Crippen molar-refractivity contribution in [1.82, 2.24) is 14.7 Å². The minimum atomic E-state index is 0.545. The smallest absolute Gasteiger partial charge is 0.0635 e. The van der Waals surface area contributed by atoms with Crippen LogP contribution in [0.1, 0.15) is 24.7 Å². The van der Waals surface area contributed by atoms with Crippen molar-refractivity contribution in [3.8, 4) is 6.07 Å². The van der Waals surface area contributed by atoms with Gasteiger partial charge in [-0.2, -0.15) is 10.4 Å². The first kappa shape index (κ1) is 14.7. The number of aromatic nitrogens is 2. The Morgan fingerprint density at radius 2 is 2.28 bits per heavy atom. The Kier molecular flexibility index (Phi) is 6.40. The Morgan fingerprint density at radius 1 is 1.50 bits per heavy atom. The molecule has 5 nitrogen and oxygen atoms in total. The summed E-state index contributed by atoms with van der Waals surface area (Å²) in [5, 5.41) is 13.1. The molecule has 0 N–H and O–H groups in total. The molecule has 5 heteroatoms. The molecule has 0 radical (unpaired) electrons. The Hall–Kier alpha value is -1.38. The topological polar surface area (TPSA) is 54.1 Å². The maximum absolute atomic E-state index is 8.69. The minimum Gasteiger partial charge on any atom is -0.383 e. The molecule has 100 valence electrons. The van der Waals surface area contributed by atoms with Crippen LogP contribution in [0.5, 0.6) is 0 Å². The zero-order valence-electron chi connectivity index (χ0n) is 11.5. The molecule has 1 aromatic rings. The van der Waals surface area contributed by atoms with Crippen LogP contribution in [0, 0.1) is 18.3 Å². The largest absolute Gasteiger partial charge is 0.383 e. The highest BCUT2D eigenvalue weighted by Crippen LogP contribution is 2.08. The molecular formula is C13H22N4O. The van der Waals surface area contributed by atoms with Gasteiger partial charge in [-0.1, -0.05) is 0 Å². The van der Waals surface area contributed by atoms with Gasteiger partial charge in [0.1, 0.15) is 0 Å². The van der Waals surface area contributed by atoms with Gasteiger partial charge in [0.05, 0.1) is 24.1 Å². The molecular weight excluding hydrogens is 228 g/mol. The van der Waals surface area contributed by atoms with Crippen LogP contribution in [-0.2, 0) is 17.8 Å². The summed E-state index contributed by atoms with van der Waals surface area (Å²) in [7, 11) is 1.70. The highest BCUT2D eigenvalue weighted by Gasteiger charge is 2.10. The van der Waals surface area contributed by atoms with Crippen LogP contribution < -0.4 is 0 Å². The van der Waals surface area contributed by atoms with Gasteiger partial charge in [0.15, 0.2) is 0 Å². The molecule has 0 saturated heterocycles.